The number of methoxy groups -OCH3 is 2. The molecule has 0 unspecified atom stereocenters. The Morgan fingerprint density at radius 2 is 1.89 bits per heavy atom. The number of piperidine rings is 1. The zero-order chi connectivity index (χ0) is 19.8. The Morgan fingerprint density at radius 3 is 2.57 bits per heavy atom. The predicted octanol–water partition coefficient (Wildman–Crippen LogP) is 3.48. The molecular weight excluding hydrogens is 374 g/mol. The van der Waals surface area contributed by atoms with Crippen molar-refractivity contribution in [2.75, 3.05) is 33.9 Å². The average Bonchev–Trinajstić information content (AvgIpc) is 3.24. The minimum absolute atomic E-state index is 0.129. The molecule has 28 heavy (non-hydrogen) atoms. The van der Waals surface area contributed by atoms with Crippen molar-refractivity contribution in [2.45, 2.75) is 25.9 Å². The van der Waals surface area contributed by atoms with Crippen molar-refractivity contribution in [1.29, 1.82) is 0 Å². The molecule has 6 nitrogen and oxygen atoms in total. The van der Waals surface area contributed by atoms with Crippen LogP contribution in [0.15, 0.2) is 35.0 Å². The Bertz CT molecular complexity index is 743. The Labute approximate surface area is 170 Å². The fraction of sp³-hybridized carbons (Fsp3) is 0.476. The molecule has 1 aromatic carbocycles. The van der Waals surface area contributed by atoms with Crippen molar-refractivity contribution in [3.8, 4) is 11.5 Å². The Balaban J connectivity index is 1.35. The second-order valence-electron chi connectivity index (χ2n) is 7.10. The van der Waals surface area contributed by atoms with E-state index in [1.165, 1.54) is 5.56 Å². The fourth-order valence-corrected chi connectivity index (χ4v) is 4.12. The number of hydrogen-bond acceptors (Lipinski definition) is 5. The van der Waals surface area contributed by atoms with Gasteiger partial charge in [-0.1, -0.05) is 6.07 Å². The van der Waals surface area contributed by atoms with Crippen LogP contribution in [0.4, 0.5) is 4.79 Å². The largest absolute Gasteiger partial charge is 0.493 e. The summed E-state index contributed by atoms with van der Waals surface area (Å²) in [5.74, 6) is 1.89. The predicted molar refractivity (Wildman–Crippen MR) is 112 cm³/mol. The summed E-state index contributed by atoms with van der Waals surface area (Å²) in [7, 11) is 3.21. The van der Waals surface area contributed by atoms with Gasteiger partial charge in [0, 0.05) is 19.6 Å². The van der Waals surface area contributed by atoms with Crippen molar-refractivity contribution in [1.82, 2.24) is 15.5 Å². The molecule has 0 atom stereocenters. The number of thiophene rings is 1. The smallest absolute Gasteiger partial charge is 0.315 e. The maximum atomic E-state index is 12.1. The van der Waals surface area contributed by atoms with Crippen LogP contribution < -0.4 is 20.1 Å². The van der Waals surface area contributed by atoms with E-state index in [9.17, 15) is 4.79 Å². The number of ether oxygens (including phenoxy) is 2. The van der Waals surface area contributed by atoms with Gasteiger partial charge in [0.1, 0.15) is 0 Å². The lowest BCUT2D eigenvalue weighted by molar-refractivity contribution is 0.175. The summed E-state index contributed by atoms with van der Waals surface area (Å²) in [5, 5.41) is 10.3. The lowest BCUT2D eigenvalue weighted by atomic mass is 9.96. The first kappa shape index (κ1) is 20.5. The van der Waals surface area contributed by atoms with E-state index in [0.717, 1.165) is 44.6 Å². The van der Waals surface area contributed by atoms with Gasteiger partial charge < -0.3 is 20.1 Å². The molecule has 2 aromatic rings. The summed E-state index contributed by atoms with van der Waals surface area (Å²) in [6.07, 6.45) is 2.25. The molecule has 1 fully saturated rings. The zero-order valence-electron chi connectivity index (χ0n) is 16.6. The molecule has 0 saturated carbocycles. The number of urea groups is 1. The molecule has 1 aliphatic rings. The minimum Gasteiger partial charge on any atom is -0.493 e. The van der Waals surface area contributed by atoms with E-state index in [0.29, 0.717) is 24.0 Å². The molecule has 152 valence electrons. The van der Waals surface area contributed by atoms with Gasteiger partial charge in [-0.15, -0.1) is 0 Å². The van der Waals surface area contributed by atoms with E-state index >= 15 is 0 Å². The Kier molecular flexibility index (Phi) is 7.56. The third-order valence-electron chi connectivity index (χ3n) is 5.15. The van der Waals surface area contributed by atoms with Crippen LogP contribution in [0.5, 0.6) is 11.5 Å². The summed E-state index contributed by atoms with van der Waals surface area (Å²) in [4.78, 5) is 14.6. The van der Waals surface area contributed by atoms with E-state index in [1.54, 1.807) is 25.6 Å². The fourth-order valence-electron chi connectivity index (χ4n) is 3.46. The third kappa shape index (κ3) is 5.87. The van der Waals surface area contributed by atoms with Gasteiger partial charge >= 0.3 is 6.03 Å². The average molecular weight is 404 g/mol. The second kappa shape index (κ2) is 10.3. The first-order valence-corrected chi connectivity index (χ1v) is 10.6. The van der Waals surface area contributed by atoms with Crippen LogP contribution in [0.2, 0.25) is 0 Å². The summed E-state index contributed by atoms with van der Waals surface area (Å²) in [6, 6.07) is 7.71. The van der Waals surface area contributed by atoms with Crippen molar-refractivity contribution in [3.05, 3.63) is 46.2 Å². The Hall–Kier alpha value is -2.25. The maximum absolute atomic E-state index is 12.1. The molecule has 0 bridgehead atoms. The molecule has 1 aliphatic heterocycles. The lowest BCUT2D eigenvalue weighted by Crippen LogP contribution is -2.41. The number of amides is 2. The number of likely N-dealkylation sites (tertiary alicyclic amines) is 1. The van der Waals surface area contributed by atoms with Gasteiger partial charge in [-0.2, -0.15) is 11.3 Å². The van der Waals surface area contributed by atoms with Crippen LogP contribution in [0.3, 0.4) is 0 Å². The lowest BCUT2D eigenvalue weighted by Gasteiger charge is -2.31. The molecule has 0 spiro atoms. The summed E-state index contributed by atoms with van der Waals surface area (Å²) in [6.45, 7) is 4.40. The molecule has 2 heterocycles. The van der Waals surface area contributed by atoms with Gasteiger partial charge in [-0.25, -0.2) is 4.79 Å². The highest BCUT2D eigenvalue weighted by atomic mass is 32.1. The van der Waals surface area contributed by atoms with Crippen LogP contribution >= 0.6 is 11.3 Å². The molecule has 1 aromatic heterocycles. The Morgan fingerprint density at radius 1 is 1.11 bits per heavy atom. The first-order chi connectivity index (χ1) is 13.7. The van der Waals surface area contributed by atoms with Crippen molar-refractivity contribution in [3.63, 3.8) is 0 Å². The standard InChI is InChI=1S/C21H29N3O3S/c1-26-19-4-3-17(11-20(19)27-2)13-23-21(25)22-12-16-5-8-24(9-6-16)14-18-7-10-28-15-18/h3-4,7,10-11,15-16H,5-6,8-9,12-14H2,1-2H3,(H2,22,23,25). The van der Waals surface area contributed by atoms with Crippen LogP contribution in [0.25, 0.3) is 0 Å². The van der Waals surface area contributed by atoms with Gasteiger partial charge in [0.05, 0.1) is 14.2 Å². The summed E-state index contributed by atoms with van der Waals surface area (Å²) in [5.41, 5.74) is 2.37. The van der Waals surface area contributed by atoms with Crippen LogP contribution in [0.1, 0.15) is 24.0 Å². The number of nitrogens with one attached hydrogen (secondary N) is 2. The van der Waals surface area contributed by atoms with Gasteiger partial charge in [-0.05, 0) is 71.9 Å². The van der Waals surface area contributed by atoms with Crippen LogP contribution in [-0.4, -0.2) is 44.8 Å². The number of benzene rings is 1. The number of carbonyl (C=O) groups is 1. The molecule has 2 N–H and O–H groups in total. The van der Waals surface area contributed by atoms with Crippen molar-refractivity contribution < 1.29 is 14.3 Å². The quantitative estimate of drug-likeness (QED) is 0.708. The molecule has 7 heteroatoms. The van der Waals surface area contributed by atoms with Crippen LogP contribution in [0, 0.1) is 5.92 Å². The monoisotopic (exact) mass is 403 g/mol. The highest BCUT2D eigenvalue weighted by molar-refractivity contribution is 7.07. The molecule has 0 radical (unpaired) electrons. The second-order valence-corrected chi connectivity index (χ2v) is 7.88. The van der Waals surface area contributed by atoms with E-state index in [1.807, 2.05) is 18.2 Å². The number of carbonyl (C=O) groups excluding carboxylic acids is 1. The van der Waals surface area contributed by atoms with Crippen molar-refractivity contribution >= 4 is 17.4 Å². The highest BCUT2D eigenvalue weighted by Gasteiger charge is 2.19. The van der Waals surface area contributed by atoms with Gasteiger partial charge in [0.2, 0.25) is 0 Å². The van der Waals surface area contributed by atoms with Gasteiger partial charge in [0.25, 0.3) is 0 Å². The van der Waals surface area contributed by atoms with Gasteiger partial charge in [0.15, 0.2) is 11.5 Å². The number of hydrogen-bond donors (Lipinski definition) is 2. The topological polar surface area (TPSA) is 62.8 Å². The SMILES string of the molecule is COc1ccc(CNC(=O)NCC2CCN(Cc3ccsc3)CC2)cc1OC. The molecular formula is C21H29N3O3S. The van der Waals surface area contributed by atoms with Gasteiger partial charge in [-0.3, -0.25) is 4.90 Å². The van der Waals surface area contributed by atoms with Crippen molar-refractivity contribution in [2.24, 2.45) is 5.92 Å². The highest BCUT2D eigenvalue weighted by Crippen LogP contribution is 2.27. The summed E-state index contributed by atoms with van der Waals surface area (Å²) < 4.78 is 10.5. The normalized spacial score (nSPS) is 15.2. The molecule has 2 amide bonds. The van der Waals surface area contributed by atoms with E-state index in [-0.39, 0.29) is 6.03 Å². The first-order valence-electron chi connectivity index (χ1n) is 9.64. The molecule has 1 saturated heterocycles. The van der Waals surface area contributed by atoms with Crippen LogP contribution in [-0.2, 0) is 13.1 Å². The maximum Gasteiger partial charge on any atom is 0.315 e. The third-order valence-corrected chi connectivity index (χ3v) is 5.88. The number of nitrogens with zero attached hydrogens (tertiary/aromatic N) is 1. The minimum atomic E-state index is -0.129. The number of rotatable bonds is 8. The van der Waals surface area contributed by atoms with E-state index in [4.69, 9.17) is 9.47 Å². The molecule has 3 rings (SSSR count). The van der Waals surface area contributed by atoms with E-state index in [2.05, 4.69) is 32.4 Å². The summed E-state index contributed by atoms with van der Waals surface area (Å²) >= 11 is 1.75. The van der Waals surface area contributed by atoms with E-state index < -0.39 is 0 Å². The molecule has 0 aliphatic carbocycles. The zero-order valence-corrected chi connectivity index (χ0v) is 17.4.